The van der Waals surface area contributed by atoms with Gasteiger partial charge in [0.2, 0.25) is 5.91 Å². The molecule has 162 valence electrons. The molecule has 7 heteroatoms. The molecule has 3 amide bonds. The Labute approximate surface area is 177 Å². The topological polar surface area (TPSA) is 91.7 Å². The van der Waals surface area contributed by atoms with Gasteiger partial charge in [0, 0.05) is 49.9 Å². The highest BCUT2D eigenvalue weighted by Crippen LogP contribution is 2.41. The molecule has 2 heterocycles. The number of para-hydroxylation sites is 1. The molecule has 1 aromatic carbocycles. The zero-order valence-corrected chi connectivity index (χ0v) is 17.7. The fourth-order valence-corrected chi connectivity index (χ4v) is 4.77. The van der Waals surface area contributed by atoms with Crippen molar-refractivity contribution in [2.75, 3.05) is 26.8 Å². The number of aromatic amines is 1. The number of H-pyrrole nitrogens is 1. The van der Waals surface area contributed by atoms with Crippen LogP contribution in [0.15, 0.2) is 30.5 Å². The van der Waals surface area contributed by atoms with Gasteiger partial charge in [0.1, 0.15) is 0 Å². The van der Waals surface area contributed by atoms with Gasteiger partial charge >= 0.3 is 6.03 Å². The van der Waals surface area contributed by atoms with E-state index in [0.717, 1.165) is 44.0 Å². The predicted molar refractivity (Wildman–Crippen MR) is 116 cm³/mol. The third-order valence-electron chi connectivity index (χ3n) is 6.42. The van der Waals surface area contributed by atoms with E-state index in [0.29, 0.717) is 19.7 Å². The first-order valence-corrected chi connectivity index (χ1v) is 11.0. The summed E-state index contributed by atoms with van der Waals surface area (Å²) in [6.07, 6.45) is 7.51. The molecule has 2 aliphatic rings. The molecule has 2 aromatic rings. The molecule has 3 N–H and O–H groups in total. The van der Waals surface area contributed by atoms with Crippen LogP contribution in [0.3, 0.4) is 0 Å². The highest BCUT2D eigenvalue weighted by atomic mass is 16.5. The molecule has 0 radical (unpaired) electrons. The first-order valence-electron chi connectivity index (χ1n) is 11.0. The van der Waals surface area contributed by atoms with Crippen molar-refractivity contribution >= 4 is 22.8 Å². The number of primary amides is 1. The van der Waals surface area contributed by atoms with Gasteiger partial charge in [-0.1, -0.05) is 18.2 Å². The van der Waals surface area contributed by atoms with Crippen molar-refractivity contribution in [2.45, 2.75) is 50.6 Å². The van der Waals surface area contributed by atoms with Gasteiger partial charge in [0.15, 0.2) is 0 Å². The van der Waals surface area contributed by atoms with Crippen molar-refractivity contribution in [1.29, 1.82) is 0 Å². The van der Waals surface area contributed by atoms with Gasteiger partial charge < -0.3 is 25.3 Å². The van der Waals surface area contributed by atoms with E-state index in [4.69, 9.17) is 10.5 Å². The molecule has 1 aromatic heterocycles. The number of fused-ring (bicyclic) bond motifs is 1. The van der Waals surface area contributed by atoms with Crippen LogP contribution in [-0.2, 0) is 9.53 Å². The third kappa shape index (κ3) is 4.31. The number of nitrogens with two attached hydrogens (primary N) is 1. The molecule has 0 bridgehead atoms. The molecule has 1 unspecified atom stereocenters. The van der Waals surface area contributed by atoms with Gasteiger partial charge in [-0.3, -0.25) is 4.79 Å². The number of hydrogen-bond acceptors (Lipinski definition) is 3. The Bertz CT molecular complexity index is 891. The summed E-state index contributed by atoms with van der Waals surface area (Å²) in [7, 11) is 1.71. The van der Waals surface area contributed by atoms with Gasteiger partial charge in [0.05, 0.1) is 12.0 Å². The summed E-state index contributed by atoms with van der Waals surface area (Å²) < 4.78 is 5.30. The van der Waals surface area contributed by atoms with Crippen LogP contribution in [-0.4, -0.2) is 59.6 Å². The van der Waals surface area contributed by atoms with Crippen LogP contribution < -0.4 is 5.73 Å². The number of nitrogens with zero attached hydrogens (tertiary/aromatic N) is 2. The number of nitrogens with one attached hydrogen (secondary N) is 1. The highest BCUT2D eigenvalue weighted by molar-refractivity contribution is 5.86. The largest absolute Gasteiger partial charge is 0.385 e. The second kappa shape index (κ2) is 9.08. The molecule has 1 saturated heterocycles. The molecule has 4 rings (SSSR count). The summed E-state index contributed by atoms with van der Waals surface area (Å²) in [4.78, 5) is 32.6. The normalized spacial score (nSPS) is 20.3. The summed E-state index contributed by atoms with van der Waals surface area (Å²) in [5.41, 5.74) is 7.76. The van der Waals surface area contributed by atoms with Crippen LogP contribution in [0.5, 0.6) is 0 Å². The first kappa shape index (κ1) is 20.7. The van der Waals surface area contributed by atoms with Gasteiger partial charge in [0.25, 0.3) is 0 Å². The second-order valence-electron chi connectivity index (χ2n) is 8.54. The Balaban J connectivity index is 1.64. The number of piperidine rings is 1. The Hall–Kier alpha value is -2.54. The van der Waals surface area contributed by atoms with Gasteiger partial charge in [-0.15, -0.1) is 0 Å². The van der Waals surface area contributed by atoms with E-state index in [-0.39, 0.29) is 23.9 Å². The Morgan fingerprint density at radius 1 is 1.30 bits per heavy atom. The fraction of sp³-hybridized carbons (Fsp3) is 0.565. The summed E-state index contributed by atoms with van der Waals surface area (Å²) >= 11 is 0. The average Bonchev–Trinajstić information content (AvgIpc) is 3.51. The number of carbonyl (C=O) groups is 2. The second-order valence-corrected chi connectivity index (χ2v) is 8.54. The maximum absolute atomic E-state index is 13.8. The van der Waals surface area contributed by atoms with E-state index < -0.39 is 6.03 Å². The Morgan fingerprint density at radius 3 is 2.83 bits per heavy atom. The van der Waals surface area contributed by atoms with Crippen molar-refractivity contribution in [3.63, 3.8) is 0 Å². The summed E-state index contributed by atoms with van der Waals surface area (Å²) in [6, 6.07) is 8.10. The lowest BCUT2D eigenvalue weighted by Crippen LogP contribution is -2.49. The van der Waals surface area contributed by atoms with E-state index in [9.17, 15) is 9.59 Å². The average molecular weight is 413 g/mol. The van der Waals surface area contributed by atoms with E-state index in [1.807, 2.05) is 12.1 Å². The summed E-state index contributed by atoms with van der Waals surface area (Å²) in [5.74, 6) is -0.0156. The first-order chi connectivity index (χ1) is 14.6. The number of benzene rings is 1. The van der Waals surface area contributed by atoms with Crippen molar-refractivity contribution in [3.05, 3.63) is 36.0 Å². The molecule has 0 spiro atoms. The number of methoxy groups -OCH3 is 1. The van der Waals surface area contributed by atoms with Crippen molar-refractivity contribution in [2.24, 2.45) is 11.7 Å². The maximum Gasteiger partial charge on any atom is 0.314 e. The zero-order valence-electron chi connectivity index (χ0n) is 17.7. The maximum atomic E-state index is 13.8. The lowest BCUT2D eigenvalue weighted by Gasteiger charge is -2.38. The highest BCUT2D eigenvalue weighted by Gasteiger charge is 2.42. The molecule has 1 aliphatic carbocycles. The molecule has 7 nitrogen and oxygen atoms in total. The molecule has 1 saturated carbocycles. The zero-order chi connectivity index (χ0) is 21.1. The van der Waals surface area contributed by atoms with E-state index >= 15 is 0 Å². The molecule has 30 heavy (non-hydrogen) atoms. The Morgan fingerprint density at radius 2 is 2.10 bits per heavy atom. The number of hydrogen-bond donors (Lipinski definition) is 2. The van der Waals surface area contributed by atoms with Crippen LogP contribution in [0.2, 0.25) is 0 Å². The minimum Gasteiger partial charge on any atom is -0.385 e. The van der Waals surface area contributed by atoms with Crippen LogP contribution in [0.4, 0.5) is 4.79 Å². The van der Waals surface area contributed by atoms with Crippen molar-refractivity contribution < 1.29 is 14.3 Å². The quantitative estimate of drug-likeness (QED) is 0.651. The number of carbonyl (C=O) groups excluding carboxylic acids is 2. The van der Waals surface area contributed by atoms with Crippen molar-refractivity contribution in [1.82, 2.24) is 14.8 Å². The molecule has 2 atom stereocenters. The van der Waals surface area contributed by atoms with Crippen LogP contribution in [0.25, 0.3) is 10.9 Å². The Kier molecular flexibility index (Phi) is 6.27. The number of ether oxygens (including phenoxy) is 1. The lowest BCUT2D eigenvalue weighted by atomic mass is 9.93. The standard InChI is InChI=1S/C23H32N4O3/c1-30-13-5-9-21(19-14-25-20-8-3-2-7-18(19)20)27(17-10-11-17)22(28)16-6-4-12-26(15-16)23(24)29/h2-3,7-8,14,16-17,21,25H,4-6,9-13,15H2,1H3,(H2,24,29)/t16-,21?/m0/s1. The summed E-state index contributed by atoms with van der Waals surface area (Å²) in [6.45, 7) is 1.74. The number of likely N-dealkylation sites (tertiary alicyclic amines) is 1. The van der Waals surface area contributed by atoms with Crippen LogP contribution in [0, 0.1) is 5.92 Å². The molecular formula is C23H32N4O3. The number of urea groups is 1. The minimum absolute atomic E-state index is 0.000236. The fourth-order valence-electron chi connectivity index (χ4n) is 4.77. The lowest BCUT2D eigenvalue weighted by molar-refractivity contribution is -0.140. The minimum atomic E-state index is -0.432. The van der Waals surface area contributed by atoms with Gasteiger partial charge in [-0.2, -0.15) is 0 Å². The van der Waals surface area contributed by atoms with E-state index in [1.165, 1.54) is 10.9 Å². The van der Waals surface area contributed by atoms with E-state index in [1.54, 1.807) is 12.0 Å². The third-order valence-corrected chi connectivity index (χ3v) is 6.42. The van der Waals surface area contributed by atoms with Gasteiger partial charge in [-0.25, -0.2) is 4.79 Å². The number of aromatic nitrogens is 1. The SMILES string of the molecule is COCCCC(c1c[nH]c2ccccc12)N(C(=O)[C@H]1CCCN(C(N)=O)C1)C1CC1. The summed E-state index contributed by atoms with van der Waals surface area (Å²) in [5, 5.41) is 1.17. The monoisotopic (exact) mass is 412 g/mol. The number of rotatable bonds is 8. The van der Waals surface area contributed by atoms with E-state index in [2.05, 4.69) is 28.2 Å². The van der Waals surface area contributed by atoms with Crippen molar-refractivity contribution in [3.8, 4) is 0 Å². The molecule has 2 fully saturated rings. The van der Waals surface area contributed by atoms with Crippen LogP contribution in [0.1, 0.15) is 50.1 Å². The molecular weight excluding hydrogens is 380 g/mol. The smallest absolute Gasteiger partial charge is 0.314 e. The predicted octanol–water partition coefficient (Wildman–Crippen LogP) is 3.42. The van der Waals surface area contributed by atoms with Crippen LogP contribution >= 0.6 is 0 Å². The number of amides is 3. The molecule has 1 aliphatic heterocycles. The van der Waals surface area contributed by atoms with Gasteiger partial charge in [-0.05, 0) is 50.2 Å².